The molecule has 2 unspecified atom stereocenters. The van der Waals surface area contributed by atoms with Crippen LogP contribution in [-0.4, -0.2) is 51.1 Å². The lowest BCUT2D eigenvalue weighted by molar-refractivity contribution is -0.148. The van der Waals surface area contributed by atoms with E-state index >= 15 is 0 Å². The van der Waals surface area contributed by atoms with Gasteiger partial charge in [-0.3, -0.25) is 0 Å². The molecule has 0 bridgehead atoms. The van der Waals surface area contributed by atoms with Crippen LogP contribution in [0.3, 0.4) is 0 Å². The Labute approximate surface area is 116 Å². The third-order valence-corrected chi connectivity index (χ3v) is 3.71. The molecule has 0 aliphatic heterocycles. The van der Waals surface area contributed by atoms with E-state index in [1.807, 2.05) is 6.92 Å². The molecule has 0 amide bonds. The topological polar surface area (TPSA) is 56.8 Å². The van der Waals surface area contributed by atoms with Crippen molar-refractivity contribution in [1.82, 2.24) is 5.32 Å². The molecule has 112 valence electrons. The van der Waals surface area contributed by atoms with Crippen LogP contribution in [0.2, 0.25) is 0 Å². The van der Waals surface area contributed by atoms with E-state index in [4.69, 9.17) is 14.2 Å². The number of rotatable bonds is 9. The maximum atomic E-state index is 11.0. The molecular formula is C14H27NO4. The standard InChI is InChI=1S/C14H27NO4/c1-5-18-12-9-11(14(12,3)4)15-7-8-17-10-13(16)19-6-2/h11-12,15H,5-10H2,1-4H3. The van der Waals surface area contributed by atoms with E-state index in [-0.39, 0.29) is 18.0 Å². The first kappa shape index (κ1) is 16.4. The zero-order valence-corrected chi connectivity index (χ0v) is 12.5. The fourth-order valence-corrected chi connectivity index (χ4v) is 2.38. The quantitative estimate of drug-likeness (QED) is 0.508. The van der Waals surface area contributed by atoms with Crippen molar-refractivity contribution in [3.63, 3.8) is 0 Å². The molecule has 0 heterocycles. The second kappa shape index (κ2) is 7.82. The first-order chi connectivity index (χ1) is 9.02. The van der Waals surface area contributed by atoms with Crippen LogP contribution in [0.15, 0.2) is 0 Å². The van der Waals surface area contributed by atoms with Gasteiger partial charge >= 0.3 is 5.97 Å². The summed E-state index contributed by atoms with van der Waals surface area (Å²) in [7, 11) is 0. The Morgan fingerprint density at radius 1 is 1.32 bits per heavy atom. The van der Waals surface area contributed by atoms with E-state index in [1.54, 1.807) is 6.92 Å². The van der Waals surface area contributed by atoms with Gasteiger partial charge in [0.15, 0.2) is 0 Å². The van der Waals surface area contributed by atoms with Gasteiger partial charge < -0.3 is 19.5 Å². The predicted molar refractivity (Wildman–Crippen MR) is 73.1 cm³/mol. The Balaban J connectivity index is 2.06. The first-order valence-corrected chi connectivity index (χ1v) is 7.10. The third-order valence-electron chi connectivity index (χ3n) is 3.71. The van der Waals surface area contributed by atoms with Crippen LogP contribution in [-0.2, 0) is 19.0 Å². The molecule has 1 aliphatic rings. The van der Waals surface area contributed by atoms with Crippen molar-refractivity contribution in [2.75, 3.05) is 33.0 Å². The molecule has 1 aliphatic carbocycles. The predicted octanol–water partition coefficient (Wildman–Crippen LogP) is 1.36. The van der Waals surface area contributed by atoms with Crippen LogP contribution in [0, 0.1) is 5.41 Å². The maximum Gasteiger partial charge on any atom is 0.332 e. The summed E-state index contributed by atoms with van der Waals surface area (Å²) in [6, 6.07) is 0.454. The summed E-state index contributed by atoms with van der Waals surface area (Å²) in [5.74, 6) is -0.303. The van der Waals surface area contributed by atoms with Crippen LogP contribution in [0.5, 0.6) is 0 Å². The van der Waals surface area contributed by atoms with Crippen molar-refractivity contribution in [3.05, 3.63) is 0 Å². The molecular weight excluding hydrogens is 246 g/mol. The molecule has 0 saturated heterocycles. The van der Waals surface area contributed by atoms with Gasteiger partial charge in [0.05, 0.1) is 19.3 Å². The fraction of sp³-hybridized carbons (Fsp3) is 0.929. The van der Waals surface area contributed by atoms with Crippen molar-refractivity contribution in [2.24, 2.45) is 5.41 Å². The van der Waals surface area contributed by atoms with Crippen molar-refractivity contribution >= 4 is 5.97 Å². The third kappa shape index (κ3) is 4.75. The highest BCUT2D eigenvalue weighted by Crippen LogP contribution is 2.42. The highest BCUT2D eigenvalue weighted by Gasteiger charge is 2.48. The van der Waals surface area contributed by atoms with Gasteiger partial charge in [-0.2, -0.15) is 0 Å². The molecule has 1 rings (SSSR count). The average molecular weight is 273 g/mol. The summed E-state index contributed by atoms with van der Waals surface area (Å²) in [6.07, 6.45) is 1.38. The molecule has 1 fully saturated rings. The summed E-state index contributed by atoms with van der Waals surface area (Å²) in [5.41, 5.74) is 0.164. The molecule has 0 aromatic carbocycles. The Hall–Kier alpha value is -0.650. The number of ether oxygens (including phenoxy) is 3. The minimum Gasteiger partial charge on any atom is -0.464 e. The molecule has 0 aromatic rings. The molecule has 1 N–H and O–H groups in total. The smallest absolute Gasteiger partial charge is 0.332 e. The summed E-state index contributed by atoms with van der Waals surface area (Å²) < 4.78 is 15.7. The van der Waals surface area contributed by atoms with Gasteiger partial charge in [-0.15, -0.1) is 0 Å². The molecule has 5 heteroatoms. The van der Waals surface area contributed by atoms with Crippen LogP contribution in [0.4, 0.5) is 0 Å². The molecule has 2 atom stereocenters. The molecule has 0 aromatic heterocycles. The normalized spacial score (nSPS) is 24.8. The first-order valence-electron chi connectivity index (χ1n) is 7.10. The Bertz CT molecular complexity index is 281. The summed E-state index contributed by atoms with van der Waals surface area (Å²) in [4.78, 5) is 11.0. The highest BCUT2D eigenvalue weighted by molar-refractivity contribution is 5.70. The lowest BCUT2D eigenvalue weighted by atomic mass is 9.64. The van der Waals surface area contributed by atoms with Crippen LogP contribution >= 0.6 is 0 Å². The Morgan fingerprint density at radius 3 is 2.63 bits per heavy atom. The van der Waals surface area contributed by atoms with Gasteiger partial charge in [-0.05, 0) is 20.3 Å². The van der Waals surface area contributed by atoms with Crippen molar-refractivity contribution in [3.8, 4) is 0 Å². The van der Waals surface area contributed by atoms with Gasteiger partial charge in [0, 0.05) is 24.6 Å². The Morgan fingerprint density at radius 2 is 2.05 bits per heavy atom. The van der Waals surface area contributed by atoms with E-state index in [1.165, 1.54) is 0 Å². The second-order valence-corrected chi connectivity index (χ2v) is 5.37. The van der Waals surface area contributed by atoms with E-state index < -0.39 is 0 Å². The van der Waals surface area contributed by atoms with Crippen LogP contribution in [0.25, 0.3) is 0 Å². The maximum absolute atomic E-state index is 11.0. The zero-order valence-electron chi connectivity index (χ0n) is 12.5. The molecule has 1 saturated carbocycles. The monoisotopic (exact) mass is 273 g/mol. The SMILES string of the molecule is CCOC(=O)COCCNC1CC(OCC)C1(C)C. The van der Waals surface area contributed by atoms with Gasteiger partial charge in [0.25, 0.3) is 0 Å². The number of carbonyl (C=O) groups is 1. The summed E-state index contributed by atoms with van der Waals surface area (Å²) in [6.45, 7) is 10.7. The number of esters is 1. The molecule has 19 heavy (non-hydrogen) atoms. The average Bonchev–Trinajstić information content (AvgIpc) is 2.36. The number of carbonyl (C=O) groups excluding carboxylic acids is 1. The fourth-order valence-electron chi connectivity index (χ4n) is 2.38. The minimum absolute atomic E-state index is 0.0329. The summed E-state index contributed by atoms with van der Waals surface area (Å²) >= 11 is 0. The van der Waals surface area contributed by atoms with Crippen LogP contribution in [0.1, 0.15) is 34.1 Å². The van der Waals surface area contributed by atoms with Gasteiger partial charge in [-0.1, -0.05) is 13.8 Å². The van der Waals surface area contributed by atoms with E-state index in [0.717, 1.165) is 19.6 Å². The molecule has 0 spiro atoms. The lowest BCUT2D eigenvalue weighted by Crippen LogP contribution is -2.61. The lowest BCUT2D eigenvalue weighted by Gasteiger charge is -2.52. The van der Waals surface area contributed by atoms with Gasteiger partial charge in [0.1, 0.15) is 6.61 Å². The largest absolute Gasteiger partial charge is 0.464 e. The molecule has 0 radical (unpaired) electrons. The molecule has 5 nitrogen and oxygen atoms in total. The van der Waals surface area contributed by atoms with Crippen molar-refractivity contribution < 1.29 is 19.0 Å². The van der Waals surface area contributed by atoms with Gasteiger partial charge in [0.2, 0.25) is 0 Å². The summed E-state index contributed by atoms with van der Waals surface area (Å²) in [5, 5.41) is 3.45. The van der Waals surface area contributed by atoms with Gasteiger partial charge in [-0.25, -0.2) is 4.79 Å². The van der Waals surface area contributed by atoms with Crippen molar-refractivity contribution in [2.45, 2.75) is 46.3 Å². The second-order valence-electron chi connectivity index (χ2n) is 5.37. The van der Waals surface area contributed by atoms with E-state index in [0.29, 0.717) is 25.4 Å². The Kier molecular flexibility index (Phi) is 6.75. The van der Waals surface area contributed by atoms with E-state index in [2.05, 4.69) is 19.2 Å². The minimum atomic E-state index is -0.303. The number of hydrogen-bond acceptors (Lipinski definition) is 5. The van der Waals surface area contributed by atoms with Crippen LogP contribution < -0.4 is 5.32 Å². The zero-order chi connectivity index (χ0) is 14.3. The number of nitrogens with one attached hydrogen (secondary N) is 1. The van der Waals surface area contributed by atoms with E-state index in [9.17, 15) is 4.79 Å². The number of hydrogen-bond donors (Lipinski definition) is 1. The van der Waals surface area contributed by atoms with Crippen molar-refractivity contribution in [1.29, 1.82) is 0 Å². The highest BCUT2D eigenvalue weighted by atomic mass is 16.6.